The molecule has 0 saturated carbocycles. The second kappa shape index (κ2) is 8.16. The van der Waals surface area contributed by atoms with E-state index in [1.54, 1.807) is 0 Å². The first-order valence-corrected chi connectivity index (χ1v) is 7.93. The molecule has 1 saturated heterocycles. The number of nitrogens with one attached hydrogen (secondary N) is 1. The molecule has 1 aliphatic rings. The number of nitrogens with zero attached hydrogens (tertiary/aromatic N) is 1. The van der Waals surface area contributed by atoms with Crippen molar-refractivity contribution in [1.29, 1.82) is 0 Å². The normalized spacial score (nSPS) is 19.8. The van der Waals surface area contributed by atoms with E-state index >= 15 is 0 Å². The van der Waals surface area contributed by atoms with Crippen LogP contribution < -0.4 is 5.32 Å². The summed E-state index contributed by atoms with van der Waals surface area (Å²) in [6.07, 6.45) is 6.91. The molecule has 0 atom stereocenters. The minimum absolute atomic E-state index is 0.570. The predicted molar refractivity (Wildman–Crippen MR) is 81.0 cm³/mol. The molecule has 1 rings (SSSR count). The van der Waals surface area contributed by atoms with Gasteiger partial charge in [-0.15, -0.1) is 0 Å². The third-order valence-electron chi connectivity index (χ3n) is 3.89. The Hall–Kier alpha value is -0.0800. The zero-order chi connectivity index (χ0) is 13.4. The van der Waals surface area contributed by atoms with Crippen LogP contribution in [-0.4, -0.2) is 37.6 Å². The standard InChI is InChI=1S/C16H34N2/c1-15(2)13-17-10-7-5-6-8-11-18-12-9-16(3,4)14-18/h15,17H,5-14H2,1-4H3. The van der Waals surface area contributed by atoms with E-state index in [9.17, 15) is 0 Å². The Bertz CT molecular complexity index is 211. The summed E-state index contributed by atoms with van der Waals surface area (Å²) in [5.41, 5.74) is 0.570. The molecule has 2 heteroatoms. The monoisotopic (exact) mass is 254 g/mol. The summed E-state index contributed by atoms with van der Waals surface area (Å²) < 4.78 is 0. The van der Waals surface area contributed by atoms with Gasteiger partial charge in [0.2, 0.25) is 0 Å². The van der Waals surface area contributed by atoms with Gasteiger partial charge in [-0.25, -0.2) is 0 Å². The van der Waals surface area contributed by atoms with Crippen molar-refractivity contribution in [1.82, 2.24) is 10.2 Å². The van der Waals surface area contributed by atoms with Crippen molar-refractivity contribution in [3.63, 3.8) is 0 Å². The predicted octanol–water partition coefficient (Wildman–Crippen LogP) is 3.52. The fraction of sp³-hybridized carbons (Fsp3) is 1.00. The number of hydrogen-bond donors (Lipinski definition) is 1. The average molecular weight is 254 g/mol. The van der Waals surface area contributed by atoms with Crippen molar-refractivity contribution >= 4 is 0 Å². The second-order valence-electron chi connectivity index (χ2n) is 7.20. The molecule has 1 aliphatic heterocycles. The van der Waals surface area contributed by atoms with Gasteiger partial charge in [-0.05, 0) is 56.8 Å². The number of likely N-dealkylation sites (tertiary alicyclic amines) is 1. The molecule has 0 spiro atoms. The highest BCUT2D eigenvalue weighted by Crippen LogP contribution is 2.28. The largest absolute Gasteiger partial charge is 0.316 e. The van der Waals surface area contributed by atoms with Crippen LogP contribution in [0, 0.1) is 11.3 Å². The molecule has 0 radical (unpaired) electrons. The van der Waals surface area contributed by atoms with Crippen molar-refractivity contribution in [3.8, 4) is 0 Å². The fourth-order valence-electron chi connectivity index (χ4n) is 2.74. The summed E-state index contributed by atoms with van der Waals surface area (Å²) in [6, 6.07) is 0. The maximum absolute atomic E-state index is 3.52. The highest BCUT2D eigenvalue weighted by Gasteiger charge is 2.28. The van der Waals surface area contributed by atoms with Crippen LogP contribution in [-0.2, 0) is 0 Å². The smallest absolute Gasteiger partial charge is 0.00332 e. The lowest BCUT2D eigenvalue weighted by molar-refractivity contribution is 0.284. The van der Waals surface area contributed by atoms with E-state index in [4.69, 9.17) is 0 Å². The Morgan fingerprint density at radius 2 is 1.83 bits per heavy atom. The Balaban J connectivity index is 1.85. The summed E-state index contributed by atoms with van der Waals surface area (Å²) in [5, 5.41) is 3.52. The Kier molecular flexibility index (Phi) is 7.25. The van der Waals surface area contributed by atoms with Gasteiger partial charge < -0.3 is 10.2 Å². The third kappa shape index (κ3) is 7.38. The Morgan fingerprint density at radius 3 is 2.44 bits per heavy atom. The van der Waals surface area contributed by atoms with Gasteiger partial charge in [0, 0.05) is 6.54 Å². The van der Waals surface area contributed by atoms with Gasteiger partial charge in [-0.1, -0.05) is 40.5 Å². The van der Waals surface area contributed by atoms with E-state index < -0.39 is 0 Å². The molecule has 0 aromatic heterocycles. The molecule has 0 aromatic rings. The van der Waals surface area contributed by atoms with Crippen molar-refractivity contribution in [2.75, 3.05) is 32.7 Å². The van der Waals surface area contributed by atoms with E-state index in [-0.39, 0.29) is 0 Å². The zero-order valence-electron chi connectivity index (χ0n) is 13.1. The first kappa shape index (κ1) is 16.0. The molecule has 0 aliphatic carbocycles. The summed E-state index contributed by atoms with van der Waals surface area (Å²) in [4.78, 5) is 2.65. The van der Waals surface area contributed by atoms with Crippen molar-refractivity contribution in [2.45, 2.75) is 59.8 Å². The van der Waals surface area contributed by atoms with E-state index in [0.29, 0.717) is 5.41 Å². The van der Waals surface area contributed by atoms with Gasteiger partial charge >= 0.3 is 0 Å². The molecule has 2 nitrogen and oxygen atoms in total. The van der Waals surface area contributed by atoms with Crippen LogP contribution in [0.1, 0.15) is 59.8 Å². The zero-order valence-corrected chi connectivity index (χ0v) is 13.1. The summed E-state index contributed by atoms with van der Waals surface area (Å²) in [7, 11) is 0. The minimum atomic E-state index is 0.570. The summed E-state index contributed by atoms with van der Waals surface area (Å²) >= 11 is 0. The third-order valence-corrected chi connectivity index (χ3v) is 3.89. The quantitative estimate of drug-likeness (QED) is 0.633. The van der Waals surface area contributed by atoms with E-state index in [0.717, 1.165) is 5.92 Å². The van der Waals surface area contributed by atoms with Crippen LogP contribution in [0.25, 0.3) is 0 Å². The first-order chi connectivity index (χ1) is 8.49. The lowest BCUT2D eigenvalue weighted by Crippen LogP contribution is -2.24. The van der Waals surface area contributed by atoms with Gasteiger partial charge in [0.1, 0.15) is 0 Å². The van der Waals surface area contributed by atoms with Crippen LogP contribution in [0.15, 0.2) is 0 Å². The lowest BCUT2D eigenvalue weighted by atomic mass is 9.93. The SMILES string of the molecule is CC(C)CNCCCCCCN1CCC(C)(C)C1. The second-order valence-corrected chi connectivity index (χ2v) is 7.20. The van der Waals surface area contributed by atoms with Crippen molar-refractivity contribution in [2.24, 2.45) is 11.3 Å². The molecule has 0 aromatic carbocycles. The highest BCUT2D eigenvalue weighted by molar-refractivity contribution is 4.82. The molecule has 0 bridgehead atoms. The molecule has 0 amide bonds. The van der Waals surface area contributed by atoms with Gasteiger partial charge in [0.05, 0.1) is 0 Å². The Morgan fingerprint density at radius 1 is 1.11 bits per heavy atom. The molecule has 0 unspecified atom stereocenters. The molecule has 18 heavy (non-hydrogen) atoms. The van der Waals surface area contributed by atoms with Crippen LogP contribution >= 0.6 is 0 Å². The Labute approximate surface area is 115 Å². The molecular formula is C16H34N2. The maximum Gasteiger partial charge on any atom is 0.00332 e. The highest BCUT2D eigenvalue weighted by atomic mass is 15.1. The van der Waals surface area contributed by atoms with E-state index in [2.05, 4.69) is 37.9 Å². The van der Waals surface area contributed by atoms with E-state index in [1.807, 2.05) is 0 Å². The van der Waals surface area contributed by atoms with Gasteiger partial charge in [0.25, 0.3) is 0 Å². The molecule has 1 heterocycles. The number of unbranched alkanes of at least 4 members (excludes halogenated alkanes) is 3. The van der Waals surface area contributed by atoms with Crippen LogP contribution in [0.4, 0.5) is 0 Å². The van der Waals surface area contributed by atoms with Crippen molar-refractivity contribution in [3.05, 3.63) is 0 Å². The number of hydrogen-bond acceptors (Lipinski definition) is 2. The van der Waals surface area contributed by atoms with Crippen molar-refractivity contribution < 1.29 is 0 Å². The molecule has 1 fully saturated rings. The minimum Gasteiger partial charge on any atom is -0.316 e. The first-order valence-electron chi connectivity index (χ1n) is 7.93. The van der Waals surface area contributed by atoms with Gasteiger partial charge in [0.15, 0.2) is 0 Å². The van der Waals surface area contributed by atoms with Crippen LogP contribution in [0.5, 0.6) is 0 Å². The molecular weight excluding hydrogens is 220 g/mol. The topological polar surface area (TPSA) is 15.3 Å². The van der Waals surface area contributed by atoms with Crippen LogP contribution in [0.2, 0.25) is 0 Å². The maximum atomic E-state index is 3.52. The van der Waals surface area contributed by atoms with Gasteiger partial charge in [-0.3, -0.25) is 0 Å². The molecule has 108 valence electrons. The van der Waals surface area contributed by atoms with Crippen LogP contribution in [0.3, 0.4) is 0 Å². The summed E-state index contributed by atoms with van der Waals surface area (Å²) in [5.74, 6) is 0.781. The van der Waals surface area contributed by atoms with E-state index in [1.165, 1.54) is 64.8 Å². The van der Waals surface area contributed by atoms with Gasteiger partial charge in [-0.2, -0.15) is 0 Å². The fourth-order valence-corrected chi connectivity index (χ4v) is 2.74. The lowest BCUT2D eigenvalue weighted by Gasteiger charge is -2.19. The average Bonchev–Trinajstić information content (AvgIpc) is 2.62. The molecule has 1 N–H and O–H groups in total. The number of rotatable bonds is 9. The summed E-state index contributed by atoms with van der Waals surface area (Å²) in [6.45, 7) is 15.7.